The van der Waals surface area contributed by atoms with Crippen LogP contribution in [0.4, 0.5) is 10.9 Å². The van der Waals surface area contributed by atoms with Crippen LogP contribution in [0.2, 0.25) is 0 Å². The summed E-state index contributed by atoms with van der Waals surface area (Å²) in [7, 11) is 3.23. The monoisotopic (exact) mass is 492 g/mol. The van der Waals surface area contributed by atoms with E-state index in [-0.39, 0.29) is 11.7 Å². The molecule has 0 aliphatic heterocycles. The average Bonchev–Trinajstić information content (AvgIpc) is 3.45. The first-order valence-electron chi connectivity index (χ1n) is 11.1. The van der Waals surface area contributed by atoms with E-state index in [1.54, 1.807) is 26.4 Å². The van der Waals surface area contributed by atoms with Crippen LogP contribution in [-0.2, 0) is 0 Å². The zero-order valence-electron chi connectivity index (χ0n) is 20.6. The second kappa shape index (κ2) is 10.2. The smallest absolute Gasteiger partial charge is 0.291 e. The van der Waals surface area contributed by atoms with Crippen molar-refractivity contribution in [2.24, 2.45) is 0 Å². The highest BCUT2D eigenvalue weighted by Crippen LogP contribution is 2.43. The molecule has 8 nitrogen and oxygen atoms in total. The summed E-state index contributed by atoms with van der Waals surface area (Å²) in [6.45, 7) is 7.92. The normalized spacial score (nSPS) is 11.7. The van der Waals surface area contributed by atoms with E-state index in [1.807, 2.05) is 52.0 Å². The Balaban J connectivity index is 1.86. The Morgan fingerprint density at radius 1 is 1.03 bits per heavy atom. The lowest BCUT2D eigenvalue weighted by Gasteiger charge is -2.24. The lowest BCUT2D eigenvalue weighted by atomic mass is 9.95. The van der Waals surface area contributed by atoms with Crippen LogP contribution >= 0.6 is 11.3 Å². The topological polar surface area (TPSA) is 98.5 Å². The number of thiophene rings is 1. The summed E-state index contributed by atoms with van der Waals surface area (Å²) in [4.78, 5) is 23.1. The van der Waals surface area contributed by atoms with E-state index in [4.69, 9.17) is 13.9 Å². The number of amides is 1. The number of nitrogens with one attached hydrogen (secondary N) is 2. The number of anilines is 2. The second-order valence-corrected chi connectivity index (χ2v) is 9.34. The Bertz CT molecular complexity index is 1330. The quantitative estimate of drug-likeness (QED) is 0.319. The molecule has 1 atom stereocenters. The highest BCUT2D eigenvalue weighted by atomic mass is 32.1. The summed E-state index contributed by atoms with van der Waals surface area (Å²) in [5.41, 5.74) is 4.50. The molecule has 1 aromatic carbocycles. The largest absolute Gasteiger partial charge is 0.497 e. The number of furan rings is 1. The van der Waals surface area contributed by atoms with Crippen molar-refractivity contribution in [3.8, 4) is 11.5 Å². The number of nitrogens with zero attached hydrogens (tertiary/aromatic N) is 2. The second-order valence-electron chi connectivity index (χ2n) is 8.12. The summed E-state index contributed by atoms with van der Waals surface area (Å²) in [5, 5.41) is 7.24. The maximum Gasteiger partial charge on any atom is 0.291 e. The molecule has 1 amide bonds. The number of aromatic nitrogens is 2. The van der Waals surface area contributed by atoms with Crippen LogP contribution in [0.1, 0.15) is 49.6 Å². The number of carbonyl (C=O) groups is 1. The third-order valence-electron chi connectivity index (χ3n) is 5.70. The molecule has 182 valence electrons. The molecule has 0 spiro atoms. The summed E-state index contributed by atoms with van der Waals surface area (Å²) in [6, 6.07) is 10.5. The Labute approximate surface area is 208 Å². The summed E-state index contributed by atoms with van der Waals surface area (Å²) in [6.07, 6.45) is 1.48. The molecule has 2 N–H and O–H groups in total. The van der Waals surface area contributed by atoms with Crippen molar-refractivity contribution in [2.45, 2.75) is 33.7 Å². The van der Waals surface area contributed by atoms with Gasteiger partial charge in [-0.1, -0.05) is 0 Å². The zero-order chi connectivity index (χ0) is 25.1. The molecule has 0 saturated heterocycles. The van der Waals surface area contributed by atoms with Gasteiger partial charge in [0.15, 0.2) is 5.76 Å². The number of ether oxygens (including phenoxy) is 2. The van der Waals surface area contributed by atoms with Crippen molar-refractivity contribution >= 4 is 28.2 Å². The number of benzene rings is 1. The first-order valence-corrected chi connectivity index (χ1v) is 11.9. The molecule has 1 unspecified atom stereocenters. The Hall–Kier alpha value is -3.85. The predicted molar refractivity (Wildman–Crippen MR) is 137 cm³/mol. The molecule has 0 bridgehead atoms. The van der Waals surface area contributed by atoms with Gasteiger partial charge in [-0.15, -0.1) is 11.3 Å². The van der Waals surface area contributed by atoms with Gasteiger partial charge in [0.05, 0.1) is 26.5 Å². The Kier molecular flexibility index (Phi) is 7.07. The van der Waals surface area contributed by atoms with Gasteiger partial charge in [0, 0.05) is 33.5 Å². The van der Waals surface area contributed by atoms with Crippen LogP contribution in [0, 0.1) is 27.7 Å². The van der Waals surface area contributed by atoms with E-state index in [9.17, 15) is 4.79 Å². The maximum atomic E-state index is 12.9. The van der Waals surface area contributed by atoms with E-state index in [1.165, 1.54) is 17.6 Å². The van der Waals surface area contributed by atoms with Crippen molar-refractivity contribution in [2.75, 3.05) is 24.9 Å². The van der Waals surface area contributed by atoms with Gasteiger partial charge >= 0.3 is 0 Å². The van der Waals surface area contributed by atoms with Crippen molar-refractivity contribution < 1.29 is 18.7 Å². The molecule has 4 aromatic rings. The minimum Gasteiger partial charge on any atom is -0.497 e. The van der Waals surface area contributed by atoms with Gasteiger partial charge in [0.1, 0.15) is 16.5 Å². The Morgan fingerprint density at radius 2 is 1.77 bits per heavy atom. The third-order valence-corrected chi connectivity index (χ3v) is 6.84. The van der Waals surface area contributed by atoms with Gasteiger partial charge in [0.25, 0.3) is 5.91 Å². The molecule has 0 fully saturated rings. The minimum absolute atomic E-state index is 0.240. The van der Waals surface area contributed by atoms with Gasteiger partial charge < -0.3 is 24.5 Å². The number of carbonyl (C=O) groups excluding carboxylic acids is 1. The van der Waals surface area contributed by atoms with Gasteiger partial charge in [-0.05, 0) is 63.6 Å². The molecule has 0 radical (unpaired) electrons. The molecule has 3 aromatic heterocycles. The molecule has 35 heavy (non-hydrogen) atoms. The van der Waals surface area contributed by atoms with Gasteiger partial charge in [-0.25, -0.2) is 9.97 Å². The first-order chi connectivity index (χ1) is 16.8. The van der Waals surface area contributed by atoms with E-state index in [0.29, 0.717) is 22.4 Å². The van der Waals surface area contributed by atoms with Gasteiger partial charge in [-0.3, -0.25) is 4.79 Å². The minimum atomic E-state index is -0.422. The van der Waals surface area contributed by atoms with Crippen LogP contribution in [0.25, 0.3) is 0 Å². The molecular weight excluding hydrogens is 464 g/mol. The molecule has 0 saturated carbocycles. The fourth-order valence-electron chi connectivity index (χ4n) is 3.94. The first kappa shape index (κ1) is 24.3. The highest BCUT2D eigenvalue weighted by Gasteiger charge is 2.28. The van der Waals surface area contributed by atoms with E-state index < -0.39 is 6.04 Å². The molecular formula is C26H28N4O4S. The van der Waals surface area contributed by atoms with Crippen LogP contribution in [0.5, 0.6) is 11.5 Å². The molecule has 4 rings (SSSR count). The van der Waals surface area contributed by atoms with Gasteiger partial charge in [0.2, 0.25) is 5.95 Å². The Morgan fingerprint density at radius 3 is 2.40 bits per heavy atom. The number of hydrogen-bond acceptors (Lipinski definition) is 8. The molecule has 3 heterocycles. The van der Waals surface area contributed by atoms with Crippen molar-refractivity contribution in [3.63, 3.8) is 0 Å². The average molecular weight is 493 g/mol. The summed E-state index contributed by atoms with van der Waals surface area (Å²) in [5.74, 6) is 1.72. The lowest BCUT2D eigenvalue weighted by molar-refractivity contribution is 0.0997. The number of methoxy groups -OCH3 is 2. The van der Waals surface area contributed by atoms with E-state index >= 15 is 0 Å². The standard InChI is InChI=1S/C26H28N4O4S/c1-14-12-15(2)28-26(27-14)29-23(19-10-9-18(32-5)13-21(19)33-6)22-16(3)17(4)35-25(22)30-24(31)20-8-7-11-34-20/h7-13,23H,1-6H3,(H,30,31)(H,27,28,29). The molecule has 0 aliphatic carbocycles. The molecule has 9 heteroatoms. The predicted octanol–water partition coefficient (Wildman–Crippen LogP) is 5.84. The maximum absolute atomic E-state index is 12.9. The van der Waals surface area contributed by atoms with Crippen LogP contribution < -0.4 is 20.1 Å². The summed E-state index contributed by atoms with van der Waals surface area (Å²) < 4.78 is 16.4. The van der Waals surface area contributed by atoms with Crippen LogP contribution in [-0.4, -0.2) is 30.1 Å². The lowest BCUT2D eigenvalue weighted by Crippen LogP contribution is -2.19. The highest BCUT2D eigenvalue weighted by molar-refractivity contribution is 7.16. The van der Waals surface area contributed by atoms with Gasteiger partial charge in [-0.2, -0.15) is 0 Å². The van der Waals surface area contributed by atoms with Crippen molar-refractivity contribution in [1.82, 2.24) is 9.97 Å². The van der Waals surface area contributed by atoms with Crippen LogP contribution in [0.15, 0.2) is 47.1 Å². The third kappa shape index (κ3) is 5.14. The summed E-state index contributed by atoms with van der Waals surface area (Å²) >= 11 is 1.51. The van der Waals surface area contributed by atoms with E-state index in [0.717, 1.165) is 33.0 Å². The fourth-order valence-corrected chi connectivity index (χ4v) is 5.03. The van der Waals surface area contributed by atoms with Crippen LogP contribution in [0.3, 0.4) is 0 Å². The number of aryl methyl sites for hydroxylation is 3. The molecule has 0 aliphatic rings. The number of hydrogen-bond donors (Lipinski definition) is 2. The van der Waals surface area contributed by atoms with Crippen molar-refractivity contribution in [3.05, 3.63) is 81.4 Å². The number of rotatable bonds is 8. The zero-order valence-corrected chi connectivity index (χ0v) is 21.4. The fraction of sp³-hybridized carbons (Fsp3) is 0.269. The van der Waals surface area contributed by atoms with Crippen molar-refractivity contribution in [1.29, 1.82) is 0 Å². The van der Waals surface area contributed by atoms with E-state index in [2.05, 4.69) is 20.6 Å². The SMILES string of the molecule is COc1ccc(C(Nc2nc(C)cc(C)n2)c2c(NC(=O)c3ccco3)sc(C)c2C)c(OC)c1.